The highest BCUT2D eigenvalue weighted by atomic mass is 16.7. The summed E-state index contributed by atoms with van der Waals surface area (Å²) in [6.45, 7) is -0.185. The number of nitriles is 4. The molecule has 0 amide bonds. The van der Waals surface area contributed by atoms with E-state index in [0.717, 1.165) is 6.29 Å². The fourth-order valence-electron chi connectivity index (χ4n) is 3.41. The van der Waals surface area contributed by atoms with Gasteiger partial charge in [-0.3, -0.25) is 4.79 Å². The summed E-state index contributed by atoms with van der Waals surface area (Å²) in [5.74, 6) is 2.35. The lowest BCUT2D eigenvalue weighted by atomic mass is 9.96. The lowest BCUT2D eigenvalue weighted by Crippen LogP contribution is -2.09. The van der Waals surface area contributed by atoms with Gasteiger partial charge in [-0.15, -0.1) is 0 Å². The molecule has 0 spiro atoms. The smallest absolute Gasteiger partial charge is 0.234 e. The van der Waals surface area contributed by atoms with Crippen LogP contribution in [-0.2, 0) is 0 Å². The maximum absolute atomic E-state index is 10.3. The van der Waals surface area contributed by atoms with E-state index in [-0.39, 0.29) is 69.3 Å². The van der Waals surface area contributed by atoms with Crippen molar-refractivity contribution in [2.24, 2.45) is 0 Å². The largest absolute Gasteiger partial charge is 0.474 e. The van der Waals surface area contributed by atoms with E-state index in [2.05, 4.69) is 4.98 Å². The van der Waals surface area contributed by atoms with Gasteiger partial charge in [-0.2, -0.15) is 26.0 Å². The molecular formula is C29H26N6O9. The first kappa shape index (κ1) is 34.1. The average molecular weight is 603 g/mol. The summed E-state index contributed by atoms with van der Waals surface area (Å²) in [5.41, 5.74) is 7.43. The number of hydrogen-bond acceptors (Lipinski definition) is 15. The highest BCUT2D eigenvalue weighted by Gasteiger charge is 2.23. The van der Waals surface area contributed by atoms with Crippen molar-refractivity contribution < 1.29 is 43.8 Å². The lowest BCUT2D eigenvalue weighted by Gasteiger charge is -2.13. The molecule has 5 N–H and O–H groups in total. The highest BCUT2D eigenvalue weighted by molar-refractivity contribution is 5.83. The van der Waals surface area contributed by atoms with Gasteiger partial charge in [0.2, 0.25) is 19.5 Å². The van der Waals surface area contributed by atoms with E-state index < -0.39 is 0 Å². The predicted molar refractivity (Wildman–Crippen MR) is 150 cm³/mol. The number of carbonyl (C=O) groups excluding carboxylic acids is 1. The molecule has 0 saturated heterocycles. The molecular weight excluding hydrogens is 576 g/mol. The molecule has 0 radical (unpaired) electrons. The summed E-state index contributed by atoms with van der Waals surface area (Å²) < 4.78 is 26.0. The van der Waals surface area contributed by atoms with Gasteiger partial charge in [-0.1, -0.05) is 6.07 Å². The average Bonchev–Trinajstić information content (AvgIpc) is 3.73. The molecule has 2 aliphatic rings. The molecule has 2 aliphatic heterocycles. The number of aliphatic hydroxyl groups excluding tert-OH is 3. The van der Waals surface area contributed by atoms with Crippen molar-refractivity contribution in [3.8, 4) is 64.3 Å². The zero-order valence-electron chi connectivity index (χ0n) is 23.1. The van der Waals surface area contributed by atoms with Crippen LogP contribution in [-0.4, -0.2) is 66.6 Å². The fourth-order valence-corrected chi connectivity index (χ4v) is 3.41. The van der Waals surface area contributed by atoms with E-state index in [1.165, 1.54) is 0 Å². The van der Waals surface area contributed by atoms with Gasteiger partial charge in [0.05, 0.1) is 32.0 Å². The predicted octanol–water partition coefficient (Wildman–Crippen LogP) is 1.80. The Hall–Kier alpha value is -6.10. The summed E-state index contributed by atoms with van der Waals surface area (Å²) >= 11 is 0. The van der Waals surface area contributed by atoms with Crippen molar-refractivity contribution in [3.05, 3.63) is 53.1 Å². The molecule has 3 aromatic rings. The maximum atomic E-state index is 10.3. The van der Waals surface area contributed by atoms with E-state index in [1.54, 1.807) is 48.5 Å². The minimum atomic E-state index is -0.244. The number of aliphatic hydroxyl groups is 3. The Labute approximate surface area is 251 Å². The third kappa shape index (κ3) is 9.21. The Morgan fingerprint density at radius 2 is 1.39 bits per heavy atom. The summed E-state index contributed by atoms with van der Waals surface area (Å²) in [6, 6.07) is 17.4. The van der Waals surface area contributed by atoms with Crippen molar-refractivity contribution in [2.45, 2.75) is 6.42 Å². The summed E-state index contributed by atoms with van der Waals surface area (Å²) in [4.78, 5) is 14.3. The summed E-state index contributed by atoms with van der Waals surface area (Å²) in [6.07, 6.45) is 0.780. The standard InChI is InChI=1S/C16H12N4O4.C8H6O3.C3H2N2.C2H6O2/c17-6-10-14(9-1-2-12-13(5-9)24-8-23-12)11(7-18)16(20-15(10)19)22-4-3-21;9-4-6-1-2-7-8(3-6)11-5-10-7;4-2-1-3-5;3-1-2-4/h1-2,5,21H,3-4,8H2,(H2,19,20);1-4H,5H2;1H2;3-4H,1-2H2. The molecule has 0 fully saturated rings. The molecule has 44 heavy (non-hydrogen) atoms. The first-order valence-electron chi connectivity index (χ1n) is 12.5. The highest BCUT2D eigenvalue weighted by Crippen LogP contribution is 2.40. The molecule has 226 valence electrons. The first-order valence-corrected chi connectivity index (χ1v) is 12.5. The number of nitrogens with zero attached hydrogens (tertiary/aromatic N) is 5. The molecule has 0 unspecified atom stereocenters. The number of aromatic nitrogens is 1. The van der Waals surface area contributed by atoms with Gasteiger partial charge in [0.15, 0.2) is 23.0 Å². The van der Waals surface area contributed by atoms with Crippen molar-refractivity contribution in [1.82, 2.24) is 4.98 Å². The van der Waals surface area contributed by atoms with Crippen LogP contribution in [0.1, 0.15) is 27.9 Å². The topological polar surface area (TPSA) is 258 Å². The van der Waals surface area contributed by atoms with E-state index >= 15 is 0 Å². The molecule has 0 atom stereocenters. The Balaban J connectivity index is 0.000000276. The zero-order chi connectivity index (χ0) is 32.3. The van der Waals surface area contributed by atoms with Crippen LogP contribution >= 0.6 is 0 Å². The molecule has 3 heterocycles. The van der Waals surface area contributed by atoms with Crippen LogP contribution in [0, 0.1) is 45.3 Å². The number of anilines is 1. The monoisotopic (exact) mass is 602 g/mol. The number of fused-ring (bicyclic) bond motifs is 2. The number of nitrogens with two attached hydrogens (primary N) is 1. The molecule has 2 aromatic carbocycles. The summed E-state index contributed by atoms with van der Waals surface area (Å²) in [7, 11) is 0. The van der Waals surface area contributed by atoms with Crippen molar-refractivity contribution in [1.29, 1.82) is 21.0 Å². The minimum Gasteiger partial charge on any atom is -0.474 e. The van der Waals surface area contributed by atoms with Crippen molar-refractivity contribution in [2.75, 3.05) is 45.7 Å². The molecule has 0 aliphatic carbocycles. The molecule has 15 nitrogen and oxygen atoms in total. The van der Waals surface area contributed by atoms with Crippen LogP contribution in [0.3, 0.4) is 0 Å². The van der Waals surface area contributed by atoms with Crippen LogP contribution in [0.2, 0.25) is 0 Å². The number of rotatable bonds is 6. The first-order chi connectivity index (χ1) is 21.4. The molecule has 0 bridgehead atoms. The van der Waals surface area contributed by atoms with Gasteiger partial charge in [-0.25, -0.2) is 0 Å². The van der Waals surface area contributed by atoms with Crippen LogP contribution in [0.25, 0.3) is 11.1 Å². The normalized spacial score (nSPS) is 10.8. The number of carbonyl (C=O) groups is 1. The number of aldehydes is 1. The van der Waals surface area contributed by atoms with Gasteiger partial charge in [-0.05, 0) is 35.9 Å². The Bertz CT molecular complexity index is 1590. The molecule has 15 heteroatoms. The minimum absolute atomic E-state index is 0. The van der Waals surface area contributed by atoms with Crippen molar-refractivity contribution >= 4 is 12.1 Å². The van der Waals surface area contributed by atoms with E-state index in [0.29, 0.717) is 39.7 Å². The summed E-state index contributed by atoms with van der Waals surface area (Å²) in [5, 5.41) is 58.3. The Kier molecular flexibility index (Phi) is 14.2. The molecule has 5 rings (SSSR count). The zero-order valence-corrected chi connectivity index (χ0v) is 23.1. The molecule has 0 saturated carbocycles. The van der Waals surface area contributed by atoms with Gasteiger partial charge in [0.25, 0.3) is 0 Å². The second-order valence-electron chi connectivity index (χ2n) is 7.96. The number of hydrogen-bond donors (Lipinski definition) is 4. The second-order valence-corrected chi connectivity index (χ2v) is 7.96. The number of pyridine rings is 1. The van der Waals surface area contributed by atoms with Crippen molar-refractivity contribution in [3.63, 3.8) is 0 Å². The number of ether oxygens (including phenoxy) is 5. The Morgan fingerprint density at radius 1 is 0.818 bits per heavy atom. The van der Waals surface area contributed by atoms with Gasteiger partial charge in [0.1, 0.15) is 48.4 Å². The van der Waals surface area contributed by atoms with Crippen LogP contribution in [0.5, 0.6) is 28.9 Å². The van der Waals surface area contributed by atoms with Gasteiger partial charge in [0, 0.05) is 11.1 Å². The number of benzene rings is 2. The van der Waals surface area contributed by atoms with Gasteiger partial charge >= 0.3 is 0 Å². The van der Waals surface area contributed by atoms with Crippen LogP contribution < -0.4 is 29.4 Å². The SMILES string of the molecule is N#CCC#N.N#Cc1c(N)nc(OCCO)c(C#N)c1-c1ccc2c(c1)OCO2.O=Cc1ccc2c(c1)OCO2.OCCO. The fraction of sp³-hybridized carbons (Fsp3) is 0.241. The van der Waals surface area contributed by atoms with Gasteiger partial charge < -0.3 is 44.7 Å². The van der Waals surface area contributed by atoms with E-state index in [4.69, 9.17) is 55.3 Å². The second kappa shape index (κ2) is 18.4. The maximum Gasteiger partial charge on any atom is 0.234 e. The quantitative estimate of drug-likeness (QED) is 0.293. The lowest BCUT2D eigenvalue weighted by molar-refractivity contribution is 0.112. The number of nitrogen functional groups attached to an aromatic ring is 1. The van der Waals surface area contributed by atoms with E-state index in [9.17, 15) is 15.3 Å². The van der Waals surface area contributed by atoms with E-state index in [1.807, 2.05) is 12.1 Å². The van der Waals surface area contributed by atoms with Crippen LogP contribution in [0.4, 0.5) is 5.82 Å². The third-order valence-electron chi connectivity index (χ3n) is 5.20. The molecule has 1 aromatic heterocycles. The Morgan fingerprint density at radius 3 is 1.89 bits per heavy atom. The third-order valence-corrected chi connectivity index (χ3v) is 5.20. The van der Waals surface area contributed by atoms with Crippen LogP contribution in [0.15, 0.2) is 36.4 Å².